The van der Waals surface area contributed by atoms with Gasteiger partial charge in [-0.2, -0.15) is 0 Å². The third kappa shape index (κ3) is 5.73. The van der Waals surface area contributed by atoms with E-state index >= 15 is 0 Å². The van der Waals surface area contributed by atoms with Crippen molar-refractivity contribution in [1.82, 2.24) is 5.32 Å². The van der Waals surface area contributed by atoms with Crippen LogP contribution < -0.4 is 16.4 Å². The van der Waals surface area contributed by atoms with Crippen LogP contribution >= 0.6 is 0 Å². The number of hydrogen-bond acceptors (Lipinski definition) is 4. The fraction of sp³-hybridized carbons (Fsp3) is 0.167. The number of urea groups is 1. The van der Waals surface area contributed by atoms with Crippen molar-refractivity contribution >= 4 is 23.6 Å². The lowest BCUT2D eigenvalue weighted by Crippen LogP contribution is -2.46. The summed E-state index contributed by atoms with van der Waals surface area (Å²) in [4.78, 5) is 35.0. The second-order valence-electron chi connectivity index (χ2n) is 5.63. The molecule has 2 aromatic carbocycles. The number of carbonyl (C=O) groups is 3. The molecule has 0 bridgehead atoms. The molecule has 0 saturated carbocycles. The first-order valence-corrected chi connectivity index (χ1v) is 7.97. The highest BCUT2D eigenvalue weighted by Crippen LogP contribution is 2.19. The Bertz CT molecular complexity index is 878. The van der Waals surface area contributed by atoms with E-state index in [-0.39, 0.29) is 6.42 Å². The summed E-state index contributed by atoms with van der Waals surface area (Å²) in [6, 6.07) is 7.97. The maximum absolute atomic E-state index is 13.5. The van der Waals surface area contributed by atoms with Crippen LogP contribution in [0.25, 0.3) is 0 Å². The predicted octanol–water partition coefficient (Wildman–Crippen LogP) is 1.87. The number of hydrogen-bond donors (Lipinski definition) is 3. The molecule has 2 rings (SSSR count). The molecule has 0 unspecified atom stereocenters. The lowest BCUT2D eigenvalue weighted by molar-refractivity contribution is -0.149. The fourth-order valence-corrected chi connectivity index (χ4v) is 2.26. The molecule has 0 saturated heterocycles. The molecule has 0 aromatic heterocycles. The van der Waals surface area contributed by atoms with Crippen molar-refractivity contribution in [3.05, 3.63) is 65.5 Å². The van der Waals surface area contributed by atoms with E-state index < -0.39 is 53.7 Å². The number of rotatable bonds is 7. The quantitative estimate of drug-likeness (QED) is 0.491. The molecule has 0 radical (unpaired) electrons. The Morgan fingerprint density at radius 2 is 1.68 bits per heavy atom. The SMILES string of the molecule is NC(=O)N[C@@H](Cc1ccccc1)C(=O)OCC(=O)Nc1ccc(F)c(F)c1F. The first kappa shape index (κ1) is 20.7. The van der Waals surface area contributed by atoms with Gasteiger partial charge in [0.1, 0.15) is 6.04 Å². The van der Waals surface area contributed by atoms with Gasteiger partial charge in [0.05, 0.1) is 5.69 Å². The summed E-state index contributed by atoms with van der Waals surface area (Å²) in [5, 5.41) is 4.16. The highest BCUT2D eigenvalue weighted by Gasteiger charge is 2.23. The third-order valence-corrected chi connectivity index (χ3v) is 3.54. The average molecular weight is 395 g/mol. The number of amides is 3. The summed E-state index contributed by atoms with van der Waals surface area (Å²) in [5.41, 5.74) is 5.13. The van der Waals surface area contributed by atoms with Gasteiger partial charge in [-0.1, -0.05) is 30.3 Å². The molecule has 3 amide bonds. The molecular weight excluding hydrogens is 379 g/mol. The van der Waals surface area contributed by atoms with E-state index in [0.29, 0.717) is 11.6 Å². The second kappa shape index (κ2) is 9.40. The van der Waals surface area contributed by atoms with E-state index in [0.717, 1.165) is 6.07 Å². The van der Waals surface area contributed by atoms with Gasteiger partial charge in [0, 0.05) is 6.42 Å². The molecule has 28 heavy (non-hydrogen) atoms. The number of halogens is 3. The Hall–Kier alpha value is -3.56. The Morgan fingerprint density at radius 3 is 2.32 bits per heavy atom. The van der Waals surface area contributed by atoms with Gasteiger partial charge in [-0.25, -0.2) is 22.8 Å². The van der Waals surface area contributed by atoms with Crippen LogP contribution in [0.3, 0.4) is 0 Å². The smallest absolute Gasteiger partial charge is 0.329 e. The lowest BCUT2D eigenvalue weighted by atomic mass is 10.1. The monoisotopic (exact) mass is 395 g/mol. The molecule has 0 spiro atoms. The van der Waals surface area contributed by atoms with E-state index in [1.54, 1.807) is 30.3 Å². The number of nitrogens with one attached hydrogen (secondary N) is 2. The molecule has 0 fully saturated rings. The van der Waals surface area contributed by atoms with Crippen molar-refractivity contribution in [2.24, 2.45) is 5.73 Å². The van der Waals surface area contributed by atoms with E-state index in [4.69, 9.17) is 10.5 Å². The summed E-state index contributed by atoms with van der Waals surface area (Å²) in [6.07, 6.45) is 0.0576. The lowest BCUT2D eigenvalue weighted by Gasteiger charge is -2.16. The van der Waals surface area contributed by atoms with Crippen LogP contribution in [0.1, 0.15) is 5.56 Å². The van der Waals surface area contributed by atoms with Gasteiger partial charge in [0.25, 0.3) is 5.91 Å². The van der Waals surface area contributed by atoms with Crippen molar-refractivity contribution < 1.29 is 32.3 Å². The van der Waals surface area contributed by atoms with E-state index in [1.807, 2.05) is 5.32 Å². The normalized spacial score (nSPS) is 11.4. The Kier molecular flexibility index (Phi) is 6.96. The Balaban J connectivity index is 1.96. The van der Waals surface area contributed by atoms with Gasteiger partial charge in [-0.05, 0) is 17.7 Å². The zero-order valence-corrected chi connectivity index (χ0v) is 14.4. The van der Waals surface area contributed by atoms with Gasteiger partial charge in [-0.3, -0.25) is 4.79 Å². The molecule has 1 atom stereocenters. The zero-order valence-electron chi connectivity index (χ0n) is 14.4. The van der Waals surface area contributed by atoms with Gasteiger partial charge < -0.3 is 21.1 Å². The van der Waals surface area contributed by atoms with Crippen molar-refractivity contribution in [1.29, 1.82) is 0 Å². The summed E-state index contributed by atoms with van der Waals surface area (Å²) in [5.74, 6) is -6.69. The minimum Gasteiger partial charge on any atom is -0.454 e. The standard InChI is InChI=1S/C18H16F3N3O4/c19-11-6-7-12(16(21)15(11)20)23-14(25)9-28-17(26)13(24-18(22)27)8-10-4-2-1-3-5-10/h1-7,13H,8-9H2,(H,23,25)(H3,22,24,27)/t13-/m0/s1. The minimum atomic E-state index is -1.75. The van der Waals surface area contributed by atoms with Crippen molar-refractivity contribution in [3.63, 3.8) is 0 Å². The van der Waals surface area contributed by atoms with E-state index in [9.17, 15) is 27.6 Å². The third-order valence-electron chi connectivity index (χ3n) is 3.54. The molecule has 0 aliphatic heterocycles. The van der Waals surface area contributed by atoms with Gasteiger partial charge in [0.2, 0.25) is 0 Å². The first-order chi connectivity index (χ1) is 13.3. The van der Waals surface area contributed by atoms with E-state index in [2.05, 4.69) is 5.32 Å². The summed E-state index contributed by atoms with van der Waals surface area (Å²) < 4.78 is 44.4. The van der Waals surface area contributed by atoms with Crippen LogP contribution in [-0.2, 0) is 20.7 Å². The van der Waals surface area contributed by atoms with Crippen molar-refractivity contribution in [3.8, 4) is 0 Å². The van der Waals surface area contributed by atoms with Crippen LogP contribution in [0.15, 0.2) is 42.5 Å². The Morgan fingerprint density at radius 1 is 1.00 bits per heavy atom. The van der Waals surface area contributed by atoms with Crippen LogP contribution in [-0.4, -0.2) is 30.6 Å². The van der Waals surface area contributed by atoms with Gasteiger partial charge in [-0.15, -0.1) is 0 Å². The molecule has 0 aliphatic rings. The number of ether oxygens (including phenoxy) is 1. The summed E-state index contributed by atoms with van der Waals surface area (Å²) >= 11 is 0. The largest absolute Gasteiger partial charge is 0.454 e. The molecule has 148 valence electrons. The minimum absolute atomic E-state index is 0.0576. The average Bonchev–Trinajstić information content (AvgIpc) is 2.66. The highest BCUT2D eigenvalue weighted by molar-refractivity contribution is 5.93. The summed E-state index contributed by atoms with van der Waals surface area (Å²) in [7, 11) is 0. The van der Waals surface area contributed by atoms with Crippen molar-refractivity contribution in [2.75, 3.05) is 11.9 Å². The number of primary amides is 1. The molecule has 10 heteroatoms. The Labute approximate surface area is 157 Å². The zero-order chi connectivity index (χ0) is 20.7. The van der Waals surface area contributed by atoms with Crippen LogP contribution in [0.5, 0.6) is 0 Å². The number of benzene rings is 2. The maximum atomic E-state index is 13.5. The molecular formula is C18H16F3N3O4. The van der Waals surface area contributed by atoms with Crippen LogP contribution in [0.2, 0.25) is 0 Å². The predicted molar refractivity (Wildman–Crippen MR) is 92.6 cm³/mol. The molecule has 0 aliphatic carbocycles. The van der Waals surface area contributed by atoms with Gasteiger partial charge >= 0.3 is 12.0 Å². The van der Waals surface area contributed by atoms with Crippen molar-refractivity contribution in [2.45, 2.75) is 12.5 Å². The first-order valence-electron chi connectivity index (χ1n) is 7.97. The van der Waals surface area contributed by atoms with Gasteiger partial charge in [0.15, 0.2) is 24.1 Å². The number of anilines is 1. The number of nitrogens with two attached hydrogens (primary N) is 1. The fourth-order valence-electron chi connectivity index (χ4n) is 2.26. The number of carbonyl (C=O) groups excluding carboxylic acids is 3. The number of esters is 1. The maximum Gasteiger partial charge on any atom is 0.329 e. The van der Waals surface area contributed by atoms with Crippen LogP contribution in [0, 0.1) is 17.5 Å². The van der Waals surface area contributed by atoms with Crippen LogP contribution in [0.4, 0.5) is 23.7 Å². The highest BCUT2D eigenvalue weighted by atomic mass is 19.2. The molecule has 7 nitrogen and oxygen atoms in total. The molecule has 0 heterocycles. The summed E-state index contributed by atoms with van der Waals surface area (Å²) in [6.45, 7) is -0.844. The second-order valence-corrected chi connectivity index (χ2v) is 5.63. The van der Waals surface area contributed by atoms with E-state index in [1.165, 1.54) is 0 Å². The molecule has 4 N–H and O–H groups in total. The molecule has 2 aromatic rings. The topological polar surface area (TPSA) is 111 Å².